The first kappa shape index (κ1) is 16.2. The van der Waals surface area contributed by atoms with Gasteiger partial charge in [0.25, 0.3) is 0 Å². The van der Waals surface area contributed by atoms with Crippen LogP contribution in [-0.2, 0) is 0 Å². The number of nitrogens with one attached hydrogen (secondary N) is 1. The molecule has 0 amide bonds. The van der Waals surface area contributed by atoms with Crippen LogP contribution in [0, 0.1) is 5.82 Å². The van der Waals surface area contributed by atoms with Gasteiger partial charge in [-0.3, -0.25) is 0 Å². The Bertz CT molecular complexity index is 321. The van der Waals surface area contributed by atoms with Crippen molar-refractivity contribution in [3.63, 3.8) is 0 Å². The Morgan fingerprint density at radius 2 is 1.74 bits per heavy atom. The van der Waals surface area contributed by atoms with Crippen LogP contribution >= 0.6 is 0 Å². The molecule has 0 aromatic heterocycles. The van der Waals surface area contributed by atoms with Gasteiger partial charge in [0.2, 0.25) is 0 Å². The molecule has 0 fully saturated rings. The smallest absolute Gasteiger partial charge is 0.123 e. The molecule has 1 aromatic carbocycles. The van der Waals surface area contributed by atoms with E-state index < -0.39 is 0 Å². The first-order valence-electron chi connectivity index (χ1n) is 7.74. The molecule has 0 radical (unpaired) electrons. The first-order chi connectivity index (χ1) is 9.27. The van der Waals surface area contributed by atoms with E-state index in [0.717, 1.165) is 19.5 Å². The van der Waals surface area contributed by atoms with Crippen LogP contribution in [0.2, 0.25) is 0 Å². The predicted molar refractivity (Wildman–Crippen MR) is 81.1 cm³/mol. The Labute approximate surface area is 117 Å². The van der Waals surface area contributed by atoms with Crippen molar-refractivity contribution < 1.29 is 4.39 Å². The molecule has 0 aliphatic rings. The van der Waals surface area contributed by atoms with E-state index >= 15 is 0 Å². The number of halogens is 1. The van der Waals surface area contributed by atoms with Gasteiger partial charge in [0.05, 0.1) is 0 Å². The van der Waals surface area contributed by atoms with Crippen LogP contribution in [0.5, 0.6) is 0 Å². The highest BCUT2D eigenvalue weighted by atomic mass is 19.1. The van der Waals surface area contributed by atoms with Gasteiger partial charge in [-0.25, -0.2) is 4.39 Å². The van der Waals surface area contributed by atoms with Crippen LogP contribution in [0.1, 0.15) is 63.9 Å². The minimum atomic E-state index is -0.144. The maximum Gasteiger partial charge on any atom is 0.123 e. The molecule has 1 aromatic rings. The fourth-order valence-electron chi connectivity index (χ4n) is 2.39. The number of hydrogen-bond acceptors (Lipinski definition) is 1. The van der Waals surface area contributed by atoms with E-state index in [9.17, 15) is 4.39 Å². The maximum atomic E-state index is 13.0. The lowest BCUT2D eigenvalue weighted by Crippen LogP contribution is -2.22. The van der Waals surface area contributed by atoms with E-state index in [1.54, 1.807) is 12.1 Å². The zero-order valence-electron chi connectivity index (χ0n) is 12.4. The van der Waals surface area contributed by atoms with E-state index in [-0.39, 0.29) is 5.82 Å². The highest BCUT2D eigenvalue weighted by Gasteiger charge is 2.11. The molecule has 1 N–H and O–H groups in total. The van der Waals surface area contributed by atoms with E-state index in [4.69, 9.17) is 0 Å². The Hall–Kier alpha value is -0.890. The summed E-state index contributed by atoms with van der Waals surface area (Å²) in [5.74, 6) is 0.374. The minimum Gasteiger partial charge on any atom is -0.316 e. The van der Waals surface area contributed by atoms with Crippen LogP contribution < -0.4 is 5.32 Å². The molecule has 0 bridgehead atoms. The molecule has 19 heavy (non-hydrogen) atoms. The predicted octanol–water partition coefficient (Wildman–Crippen LogP) is 4.88. The molecule has 0 heterocycles. The summed E-state index contributed by atoms with van der Waals surface area (Å²) in [6, 6.07) is 7.03. The SMILES string of the molecule is CCCCCCC(CNCCC)c1ccc(F)cc1. The second-order valence-corrected chi connectivity index (χ2v) is 5.30. The van der Waals surface area contributed by atoms with E-state index in [1.807, 2.05) is 12.1 Å². The highest BCUT2D eigenvalue weighted by Crippen LogP contribution is 2.22. The number of unbranched alkanes of at least 4 members (excludes halogenated alkanes) is 3. The average molecular weight is 265 g/mol. The third-order valence-electron chi connectivity index (χ3n) is 3.57. The number of benzene rings is 1. The largest absolute Gasteiger partial charge is 0.316 e. The van der Waals surface area contributed by atoms with Crippen molar-refractivity contribution >= 4 is 0 Å². The van der Waals surface area contributed by atoms with Crippen LogP contribution in [0.3, 0.4) is 0 Å². The maximum absolute atomic E-state index is 13.0. The quantitative estimate of drug-likeness (QED) is 0.595. The molecular formula is C17H28FN. The molecule has 1 unspecified atom stereocenters. The lowest BCUT2D eigenvalue weighted by atomic mass is 9.93. The minimum absolute atomic E-state index is 0.144. The summed E-state index contributed by atoms with van der Waals surface area (Å²) in [4.78, 5) is 0. The molecule has 108 valence electrons. The second kappa shape index (κ2) is 9.96. The molecule has 1 nitrogen and oxygen atoms in total. The van der Waals surface area contributed by atoms with Gasteiger partial charge in [0.15, 0.2) is 0 Å². The number of rotatable bonds is 10. The summed E-state index contributed by atoms with van der Waals surface area (Å²) >= 11 is 0. The molecule has 0 saturated carbocycles. The summed E-state index contributed by atoms with van der Waals surface area (Å²) < 4.78 is 13.0. The van der Waals surface area contributed by atoms with E-state index in [0.29, 0.717) is 5.92 Å². The lowest BCUT2D eigenvalue weighted by molar-refractivity contribution is 0.512. The van der Waals surface area contributed by atoms with Crippen molar-refractivity contribution in [2.24, 2.45) is 0 Å². The van der Waals surface area contributed by atoms with Crippen LogP contribution in [0.4, 0.5) is 4.39 Å². The van der Waals surface area contributed by atoms with Crippen LogP contribution in [-0.4, -0.2) is 13.1 Å². The Morgan fingerprint density at radius 1 is 1.00 bits per heavy atom. The first-order valence-corrected chi connectivity index (χ1v) is 7.74. The third kappa shape index (κ3) is 6.72. The fraction of sp³-hybridized carbons (Fsp3) is 0.647. The Balaban J connectivity index is 2.49. The standard InChI is InChI=1S/C17H28FN/c1-3-5-6-7-8-16(14-19-13-4-2)15-9-11-17(18)12-10-15/h9-12,16,19H,3-8,13-14H2,1-2H3. The van der Waals surface area contributed by atoms with Crippen LogP contribution in [0.15, 0.2) is 24.3 Å². The summed E-state index contributed by atoms with van der Waals surface area (Å²) in [6.45, 7) is 6.49. The molecular weight excluding hydrogens is 237 g/mol. The third-order valence-corrected chi connectivity index (χ3v) is 3.57. The van der Waals surface area contributed by atoms with Crippen molar-refractivity contribution in [2.75, 3.05) is 13.1 Å². The average Bonchev–Trinajstić information content (AvgIpc) is 2.43. The summed E-state index contributed by atoms with van der Waals surface area (Å²) in [5, 5.41) is 3.50. The summed E-state index contributed by atoms with van der Waals surface area (Å²) in [6.07, 6.45) is 7.52. The molecule has 2 heteroatoms. The van der Waals surface area contributed by atoms with Crippen molar-refractivity contribution in [3.05, 3.63) is 35.6 Å². The molecule has 0 aliphatic carbocycles. The van der Waals surface area contributed by atoms with Gasteiger partial charge in [-0.1, -0.05) is 51.7 Å². The lowest BCUT2D eigenvalue weighted by Gasteiger charge is -2.18. The fourth-order valence-corrected chi connectivity index (χ4v) is 2.39. The van der Waals surface area contributed by atoms with Gasteiger partial charge in [-0.05, 0) is 43.0 Å². The topological polar surface area (TPSA) is 12.0 Å². The highest BCUT2D eigenvalue weighted by molar-refractivity contribution is 5.20. The van der Waals surface area contributed by atoms with Gasteiger partial charge in [-0.15, -0.1) is 0 Å². The normalized spacial score (nSPS) is 12.6. The van der Waals surface area contributed by atoms with Crippen molar-refractivity contribution in [3.8, 4) is 0 Å². The zero-order chi connectivity index (χ0) is 13.9. The molecule has 0 spiro atoms. The molecule has 1 atom stereocenters. The molecule has 0 aliphatic heterocycles. The van der Waals surface area contributed by atoms with Gasteiger partial charge in [-0.2, -0.15) is 0 Å². The van der Waals surface area contributed by atoms with E-state index in [1.165, 1.54) is 37.7 Å². The Morgan fingerprint density at radius 3 is 2.37 bits per heavy atom. The zero-order valence-corrected chi connectivity index (χ0v) is 12.4. The van der Waals surface area contributed by atoms with Gasteiger partial charge in [0.1, 0.15) is 5.82 Å². The molecule has 0 saturated heterocycles. The van der Waals surface area contributed by atoms with Crippen LogP contribution in [0.25, 0.3) is 0 Å². The second-order valence-electron chi connectivity index (χ2n) is 5.30. The number of hydrogen-bond donors (Lipinski definition) is 1. The van der Waals surface area contributed by atoms with Crippen molar-refractivity contribution in [1.82, 2.24) is 5.32 Å². The molecule has 1 rings (SSSR count). The summed E-state index contributed by atoms with van der Waals surface area (Å²) in [7, 11) is 0. The van der Waals surface area contributed by atoms with Crippen molar-refractivity contribution in [2.45, 2.75) is 58.3 Å². The van der Waals surface area contributed by atoms with Gasteiger partial charge >= 0.3 is 0 Å². The Kier molecular flexibility index (Phi) is 8.48. The van der Waals surface area contributed by atoms with Gasteiger partial charge in [0, 0.05) is 6.54 Å². The van der Waals surface area contributed by atoms with Gasteiger partial charge < -0.3 is 5.32 Å². The monoisotopic (exact) mass is 265 g/mol. The van der Waals surface area contributed by atoms with E-state index in [2.05, 4.69) is 19.2 Å². The summed E-state index contributed by atoms with van der Waals surface area (Å²) in [5.41, 5.74) is 1.27. The van der Waals surface area contributed by atoms with Crippen molar-refractivity contribution in [1.29, 1.82) is 0 Å².